The van der Waals surface area contributed by atoms with Crippen molar-refractivity contribution in [3.63, 3.8) is 0 Å². The van der Waals surface area contributed by atoms with Crippen LogP contribution in [0.4, 0.5) is 19.0 Å². The van der Waals surface area contributed by atoms with Gasteiger partial charge in [0.25, 0.3) is 0 Å². The fourth-order valence-electron chi connectivity index (χ4n) is 5.15. The Hall–Kier alpha value is -3.37. The van der Waals surface area contributed by atoms with E-state index < -0.39 is 11.7 Å². The second-order valence-electron chi connectivity index (χ2n) is 10.6. The monoisotopic (exact) mass is 580 g/mol. The minimum absolute atomic E-state index is 0.184. The third kappa shape index (κ3) is 7.48. The number of halogens is 3. The zero-order valence-corrected chi connectivity index (χ0v) is 24.1. The van der Waals surface area contributed by atoms with Crippen molar-refractivity contribution in [1.29, 1.82) is 0 Å². The first-order valence-corrected chi connectivity index (χ1v) is 14.8. The van der Waals surface area contributed by atoms with E-state index in [2.05, 4.69) is 29.7 Å². The number of piperidine rings is 1. The number of aryl methyl sites for hydroxylation is 1. The van der Waals surface area contributed by atoms with Crippen molar-refractivity contribution in [1.82, 2.24) is 24.8 Å². The molecule has 5 rings (SSSR count). The lowest BCUT2D eigenvalue weighted by atomic mass is 10.0. The van der Waals surface area contributed by atoms with Gasteiger partial charge in [-0.3, -0.25) is 0 Å². The van der Waals surface area contributed by atoms with Crippen LogP contribution in [0.15, 0.2) is 83.4 Å². The lowest BCUT2D eigenvalue weighted by molar-refractivity contribution is -0.139. The van der Waals surface area contributed by atoms with E-state index in [0.717, 1.165) is 73.5 Å². The summed E-state index contributed by atoms with van der Waals surface area (Å²) in [6.07, 6.45) is 5.54. The molecule has 0 spiro atoms. The van der Waals surface area contributed by atoms with Crippen LogP contribution in [0.25, 0.3) is 11.3 Å². The average molecular weight is 581 g/mol. The van der Waals surface area contributed by atoms with Gasteiger partial charge in [-0.1, -0.05) is 49.9 Å². The molecule has 1 saturated heterocycles. The normalized spacial score (nSPS) is 14.6. The molecule has 216 valence electrons. The third-order valence-corrected chi connectivity index (χ3v) is 8.57. The first-order valence-electron chi connectivity index (χ1n) is 14.0. The van der Waals surface area contributed by atoms with E-state index in [9.17, 15) is 13.2 Å². The number of anilines is 1. The average Bonchev–Trinajstić information content (AvgIpc) is 3.49. The first kappa shape index (κ1) is 29.1. The van der Waals surface area contributed by atoms with Gasteiger partial charge < -0.3 is 14.8 Å². The fourth-order valence-corrected chi connectivity index (χ4v) is 6.37. The highest BCUT2D eigenvalue weighted by Crippen LogP contribution is 2.43. The number of rotatable bonds is 10. The lowest BCUT2D eigenvalue weighted by Crippen LogP contribution is -2.43. The van der Waals surface area contributed by atoms with Gasteiger partial charge in [0.1, 0.15) is 12.1 Å². The summed E-state index contributed by atoms with van der Waals surface area (Å²) in [6, 6.07) is 14.4. The molecular weight excluding hydrogens is 545 g/mol. The van der Waals surface area contributed by atoms with Crippen molar-refractivity contribution < 1.29 is 13.2 Å². The highest BCUT2D eigenvalue weighted by Gasteiger charge is 2.34. The predicted octanol–water partition coefficient (Wildman–Crippen LogP) is 7.28. The lowest BCUT2D eigenvalue weighted by Gasteiger charge is -2.33. The van der Waals surface area contributed by atoms with E-state index in [-0.39, 0.29) is 10.8 Å². The van der Waals surface area contributed by atoms with Gasteiger partial charge in [0.2, 0.25) is 0 Å². The number of aromatic nitrogens is 4. The van der Waals surface area contributed by atoms with Crippen LogP contribution in [0.2, 0.25) is 0 Å². The molecule has 0 atom stereocenters. The van der Waals surface area contributed by atoms with Crippen molar-refractivity contribution in [2.45, 2.75) is 67.6 Å². The highest BCUT2D eigenvalue weighted by molar-refractivity contribution is 7.99. The summed E-state index contributed by atoms with van der Waals surface area (Å²) < 4.78 is 44.8. The smallest absolute Gasteiger partial charge is 0.356 e. The Morgan fingerprint density at radius 2 is 1.83 bits per heavy atom. The second-order valence-corrected chi connectivity index (χ2v) is 11.7. The van der Waals surface area contributed by atoms with Gasteiger partial charge in [0, 0.05) is 59.5 Å². The van der Waals surface area contributed by atoms with E-state index in [1.807, 2.05) is 50.6 Å². The predicted molar refractivity (Wildman–Crippen MR) is 157 cm³/mol. The molecule has 41 heavy (non-hydrogen) atoms. The van der Waals surface area contributed by atoms with Gasteiger partial charge in [-0.2, -0.15) is 13.2 Å². The molecule has 0 amide bonds. The molecule has 0 aliphatic carbocycles. The molecule has 1 aliphatic rings. The maximum atomic E-state index is 14.2. The van der Waals surface area contributed by atoms with Crippen LogP contribution in [-0.4, -0.2) is 45.2 Å². The number of nitrogens with zero attached hydrogens (tertiary/aromatic N) is 5. The van der Waals surface area contributed by atoms with Crippen molar-refractivity contribution in [2.75, 3.05) is 24.5 Å². The molecule has 6 nitrogen and oxygen atoms in total. The minimum atomic E-state index is -4.49. The van der Waals surface area contributed by atoms with Crippen LogP contribution in [0.5, 0.6) is 0 Å². The molecule has 2 aromatic heterocycles. The number of hydrogen-bond acceptors (Lipinski definition) is 6. The van der Waals surface area contributed by atoms with E-state index in [0.29, 0.717) is 17.3 Å². The molecule has 10 heteroatoms. The summed E-state index contributed by atoms with van der Waals surface area (Å²) in [5, 5.41) is 3.64. The van der Waals surface area contributed by atoms with Gasteiger partial charge in [-0.25, -0.2) is 15.0 Å². The molecule has 2 aromatic carbocycles. The van der Waals surface area contributed by atoms with Gasteiger partial charge >= 0.3 is 6.18 Å². The van der Waals surface area contributed by atoms with Crippen LogP contribution in [-0.2, 0) is 12.7 Å². The Morgan fingerprint density at radius 3 is 2.56 bits per heavy atom. The SMILES string of the molecule is CC(C)c1ccccc1Sc1ccc(-c2cc(N3CCC(NCCCn4ccnc4)CC3)ncn2)cc1C(F)(F)F. The first-order chi connectivity index (χ1) is 19.8. The zero-order valence-electron chi connectivity index (χ0n) is 23.3. The van der Waals surface area contributed by atoms with E-state index in [4.69, 9.17) is 0 Å². The summed E-state index contributed by atoms with van der Waals surface area (Å²) in [5.74, 6) is 0.951. The van der Waals surface area contributed by atoms with Gasteiger partial charge in [0.05, 0.1) is 17.6 Å². The molecule has 1 aliphatic heterocycles. The maximum Gasteiger partial charge on any atom is 0.417 e. The fraction of sp³-hybridized carbons (Fsp3) is 0.387. The highest BCUT2D eigenvalue weighted by atomic mass is 32.2. The van der Waals surface area contributed by atoms with E-state index in [1.54, 1.807) is 24.4 Å². The summed E-state index contributed by atoms with van der Waals surface area (Å²) in [6.45, 7) is 7.63. The standard InChI is InChI=1S/C31H35F3N6S/c1-22(2)25-6-3-4-7-28(25)41-29-9-8-23(18-26(29)31(32,33)34)27-19-30(38-20-37-27)40-15-10-24(11-16-40)36-12-5-14-39-17-13-35-21-39/h3-4,6-9,13,17-22,24,36H,5,10-12,14-16H2,1-2H3. The summed E-state index contributed by atoms with van der Waals surface area (Å²) in [4.78, 5) is 16.1. The number of imidazole rings is 1. The minimum Gasteiger partial charge on any atom is -0.356 e. The van der Waals surface area contributed by atoms with Crippen molar-refractivity contribution >= 4 is 17.6 Å². The Labute approximate surface area is 243 Å². The molecule has 0 saturated carbocycles. The zero-order chi connectivity index (χ0) is 28.8. The number of alkyl halides is 3. The summed E-state index contributed by atoms with van der Waals surface area (Å²) >= 11 is 1.16. The third-order valence-electron chi connectivity index (χ3n) is 7.40. The number of nitrogens with one attached hydrogen (secondary N) is 1. The van der Waals surface area contributed by atoms with E-state index in [1.165, 1.54) is 12.4 Å². The van der Waals surface area contributed by atoms with Crippen molar-refractivity contribution in [3.8, 4) is 11.3 Å². The van der Waals surface area contributed by atoms with Gasteiger partial charge in [-0.05, 0) is 55.5 Å². The molecule has 4 aromatic rings. The topological polar surface area (TPSA) is 58.9 Å². The van der Waals surface area contributed by atoms with Gasteiger partial charge in [-0.15, -0.1) is 0 Å². The van der Waals surface area contributed by atoms with Crippen LogP contribution >= 0.6 is 11.8 Å². The molecule has 1 N–H and O–H groups in total. The molecule has 0 radical (unpaired) electrons. The molecule has 1 fully saturated rings. The largest absolute Gasteiger partial charge is 0.417 e. The van der Waals surface area contributed by atoms with Crippen LogP contribution < -0.4 is 10.2 Å². The summed E-state index contributed by atoms with van der Waals surface area (Å²) in [7, 11) is 0. The Balaban J connectivity index is 1.25. The second kappa shape index (κ2) is 13.1. The Morgan fingerprint density at radius 1 is 1.02 bits per heavy atom. The Kier molecular flexibility index (Phi) is 9.29. The maximum absolute atomic E-state index is 14.2. The number of benzene rings is 2. The number of hydrogen-bond donors (Lipinski definition) is 1. The molecular formula is C31H35F3N6S. The van der Waals surface area contributed by atoms with Gasteiger partial charge in [0.15, 0.2) is 0 Å². The molecule has 0 unspecified atom stereocenters. The molecule has 0 bridgehead atoms. The van der Waals surface area contributed by atoms with Crippen molar-refractivity contribution in [3.05, 3.63) is 84.7 Å². The van der Waals surface area contributed by atoms with Crippen molar-refractivity contribution in [2.24, 2.45) is 0 Å². The van der Waals surface area contributed by atoms with Crippen LogP contribution in [0, 0.1) is 0 Å². The Bertz CT molecular complexity index is 1420. The molecule has 3 heterocycles. The quantitative estimate of drug-likeness (QED) is 0.199. The van der Waals surface area contributed by atoms with E-state index >= 15 is 0 Å². The summed E-state index contributed by atoms with van der Waals surface area (Å²) in [5.41, 5.74) is 1.29. The van der Waals surface area contributed by atoms with Crippen LogP contribution in [0.1, 0.15) is 50.2 Å². The van der Waals surface area contributed by atoms with Crippen LogP contribution in [0.3, 0.4) is 0 Å².